The molecule has 0 spiro atoms. The summed E-state index contributed by atoms with van der Waals surface area (Å²) in [6.45, 7) is 5.87. The monoisotopic (exact) mass is 298 g/mol. The lowest BCUT2D eigenvalue weighted by Gasteiger charge is -2.26. The van der Waals surface area contributed by atoms with E-state index in [1.807, 2.05) is 19.9 Å². The van der Waals surface area contributed by atoms with Crippen LogP contribution in [-0.4, -0.2) is 45.5 Å². The molecule has 1 heterocycles. The Morgan fingerprint density at radius 1 is 1.40 bits per heavy atom. The summed E-state index contributed by atoms with van der Waals surface area (Å²) in [5.74, 6) is 0.403. The molecule has 5 nitrogen and oxygen atoms in total. The molecule has 1 saturated heterocycles. The van der Waals surface area contributed by atoms with Crippen molar-refractivity contribution < 1.29 is 13.2 Å². The lowest BCUT2D eigenvalue weighted by Crippen LogP contribution is -2.41. The summed E-state index contributed by atoms with van der Waals surface area (Å²) in [6.07, 6.45) is 0.817. The third kappa shape index (κ3) is 2.97. The van der Waals surface area contributed by atoms with Crippen molar-refractivity contribution in [2.45, 2.75) is 31.2 Å². The molecule has 112 valence electrons. The molecule has 1 unspecified atom stereocenters. The van der Waals surface area contributed by atoms with Crippen LogP contribution in [0.5, 0.6) is 5.75 Å². The summed E-state index contributed by atoms with van der Waals surface area (Å²) in [7, 11) is -2.03. The third-order valence-corrected chi connectivity index (χ3v) is 5.60. The lowest BCUT2D eigenvalue weighted by molar-refractivity contribution is 0.348. The van der Waals surface area contributed by atoms with Gasteiger partial charge in [-0.3, -0.25) is 0 Å². The Kier molecular flexibility index (Phi) is 4.67. The first-order chi connectivity index (χ1) is 9.46. The first-order valence-electron chi connectivity index (χ1n) is 6.84. The summed E-state index contributed by atoms with van der Waals surface area (Å²) >= 11 is 0. The molecule has 1 aliphatic heterocycles. The van der Waals surface area contributed by atoms with Gasteiger partial charge in [0.05, 0.1) is 7.11 Å². The molecule has 1 aromatic carbocycles. The van der Waals surface area contributed by atoms with E-state index in [1.165, 1.54) is 7.11 Å². The highest BCUT2D eigenvalue weighted by Gasteiger charge is 2.32. The zero-order chi connectivity index (χ0) is 14.8. The smallest absolute Gasteiger partial charge is 0.247 e. The number of rotatable bonds is 3. The van der Waals surface area contributed by atoms with Gasteiger partial charge in [0, 0.05) is 19.1 Å². The van der Waals surface area contributed by atoms with E-state index in [0.29, 0.717) is 18.8 Å². The van der Waals surface area contributed by atoms with Crippen molar-refractivity contribution in [2.24, 2.45) is 0 Å². The Labute approximate surface area is 121 Å². The van der Waals surface area contributed by atoms with Crippen molar-refractivity contribution in [2.75, 3.05) is 26.7 Å². The van der Waals surface area contributed by atoms with Crippen molar-refractivity contribution in [3.8, 4) is 5.75 Å². The highest BCUT2D eigenvalue weighted by molar-refractivity contribution is 7.89. The van der Waals surface area contributed by atoms with Crippen LogP contribution < -0.4 is 10.1 Å². The topological polar surface area (TPSA) is 58.6 Å². The van der Waals surface area contributed by atoms with E-state index in [0.717, 1.165) is 18.5 Å². The number of benzene rings is 1. The number of aryl methyl sites for hydroxylation is 1. The minimum atomic E-state index is -3.53. The summed E-state index contributed by atoms with van der Waals surface area (Å²) in [5.41, 5.74) is 0.907. The number of hydrogen-bond acceptors (Lipinski definition) is 4. The number of nitrogens with one attached hydrogen (secondary N) is 1. The zero-order valence-corrected chi connectivity index (χ0v) is 13.0. The molecule has 1 aliphatic rings. The van der Waals surface area contributed by atoms with Gasteiger partial charge in [0.25, 0.3) is 0 Å². The number of ether oxygens (including phenoxy) is 1. The first-order valence-corrected chi connectivity index (χ1v) is 8.28. The Hall–Kier alpha value is -1.11. The van der Waals surface area contributed by atoms with Crippen molar-refractivity contribution >= 4 is 10.0 Å². The van der Waals surface area contributed by atoms with Crippen molar-refractivity contribution in [1.82, 2.24) is 9.62 Å². The van der Waals surface area contributed by atoms with Crippen LogP contribution in [0.4, 0.5) is 0 Å². The molecule has 1 N–H and O–H groups in total. The van der Waals surface area contributed by atoms with Crippen molar-refractivity contribution in [3.63, 3.8) is 0 Å². The molecular formula is C14H22N2O3S. The maximum atomic E-state index is 12.9. The number of methoxy groups -OCH3 is 1. The fraction of sp³-hybridized carbons (Fsp3) is 0.571. The van der Waals surface area contributed by atoms with E-state index >= 15 is 0 Å². The highest BCUT2D eigenvalue weighted by atomic mass is 32.2. The summed E-state index contributed by atoms with van der Waals surface area (Å²) in [4.78, 5) is 0.258. The van der Waals surface area contributed by atoms with E-state index in [-0.39, 0.29) is 10.9 Å². The van der Waals surface area contributed by atoms with E-state index in [4.69, 9.17) is 4.74 Å². The van der Waals surface area contributed by atoms with Crippen molar-refractivity contribution in [1.29, 1.82) is 0 Å². The van der Waals surface area contributed by atoms with Crippen LogP contribution in [0.25, 0.3) is 0 Å². The average molecular weight is 298 g/mol. The Morgan fingerprint density at radius 3 is 2.85 bits per heavy atom. The SMILES string of the molecule is COc1ccc(C)cc1S(=O)(=O)N1CCCNCC1C. The second-order valence-corrected chi connectivity index (χ2v) is 7.04. The fourth-order valence-electron chi connectivity index (χ4n) is 2.46. The molecule has 1 fully saturated rings. The molecular weight excluding hydrogens is 276 g/mol. The van der Waals surface area contributed by atoms with Crippen LogP contribution >= 0.6 is 0 Å². The second kappa shape index (κ2) is 6.11. The zero-order valence-electron chi connectivity index (χ0n) is 12.2. The maximum Gasteiger partial charge on any atom is 0.247 e. The standard InChI is InChI=1S/C14H22N2O3S/c1-11-5-6-13(19-3)14(9-11)20(17,18)16-8-4-7-15-10-12(16)2/h5-6,9,12,15H,4,7-8,10H2,1-3H3. The third-order valence-electron chi connectivity index (χ3n) is 3.57. The minimum absolute atomic E-state index is 0.0623. The summed E-state index contributed by atoms with van der Waals surface area (Å²) < 4.78 is 32.6. The summed E-state index contributed by atoms with van der Waals surface area (Å²) in [6, 6.07) is 5.18. The normalized spacial score (nSPS) is 21.4. The Morgan fingerprint density at radius 2 is 2.15 bits per heavy atom. The van der Waals surface area contributed by atoms with Gasteiger partial charge < -0.3 is 10.1 Å². The van der Waals surface area contributed by atoms with Gasteiger partial charge in [0.2, 0.25) is 10.0 Å². The van der Waals surface area contributed by atoms with Gasteiger partial charge in [-0.15, -0.1) is 0 Å². The predicted molar refractivity (Wildman–Crippen MR) is 78.6 cm³/mol. The van der Waals surface area contributed by atoms with E-state index in [2.05, 4.69) is 5.32 Å². The van der Waals surface area contributed by atoms with E-state index in [1.54, 1.807) is 16.4 Å². The van der Waals surface area contributed by atoms with Crippen LogP contribution in [0, 0.1) is 6.92 Å². The van der Waals surface area contributed by atoms with Crippen molar-refractivity contribution in [3.05, 3.63) is 23.8 Å². The van der Waals surface area contributed by atoms with Gasteiger partial charge in [-0.1, -0.05) is 6.07 Å². The molecule has 2 rings (SSSR count). The quantitative estimate of drug-likeness (QED) is 0.916. The van der Waals surface area contributed by atoms with Crippen LogP contribution in [0.1, 0.15) is 18.9 Å². The molecule has 0 aliphatic carbocycles. The van der Waals surface area contributed by atoms with E-state index in [9.17, 15) is 8.42 Å². The highest BCUT2D eigenvalue weighted by Crippen LogP contribution is 2.29. The largest absolute Gasteiger partial charge is 0.495 e. The Balaban J connectivity index is 2.45. The lowest BCUT2D eigenvalue weighted by atomic mass is 10.2. The van der Waals surface area contributed by atoms with Gasteiger partial charge in [-0.2, -0.15) is 4.31 Å². The molecule has 0 radical (unpaired) electrons. The molecule has 1 aromatic rings. The van der Waals surface area contributed by atoms with Crippen LogP contribution in [0.3, 0.4) is 0 Å². The molecule has 6 heteroatoms. The fourth-order valence-corrected chi connectivity index (χ4v) is 4.37. The number of nitrogens with zero attached hydrogens (tertiary/aromatic N) is 1. The molecule has 0 aromatic heterocycles. The Bertz CT molecular complexity index is 572. The molecule has 0 bridgehead atoms. The first kappa shape index (κ1) is 15.3. The number of hydrogen-bond donors (Lipinski definition) is 1. The average Bonchev–Trinajstić information content (AvgIpc) is 2.63. The van der Waals surface area contributed by atoms with Gasteiger partial charge in [-0.25, -0.2) is 8.42 Å². The van der Waals surface area contributed by atoms with Crippen LogP contribution in [-0.2, 0) is 10.0 Å². The van der Waals surface area contributed by atoms with Crippen LogP contribution in [0.15, 0.2) is 23.1 Å². The molecule has 0 saturated carbocycles. The van der Waals surface area contributed by atoms with Crippen LogP contribution in [0.2, 0.25) is 0 Å². The molecule has 0 amide bonds. The molecule has 20 heavy (non-hydrogen) atoms. The summed E-state index contributed by atoms with van der Waals surface area (Å²) in [5, 5.41) is 3.25. The second-order valence-electron chi connectivity index (χ2n) is 5.18. The van der Waals surface area contributed by atoms with Gasteiger partial charge in [0.15, 0.2) is 0 Å². The number of sulfonamides is 1. The maximum absolute atomic E-state index is 12.9. The molecule has 1 atom stereocenters. The minimum Gasteiger partial charge on any atom is -0.495 e. The van der Waals surface area contributed by atoms with E-state index < -0.39 is 10.0 Å². The van der Waals surface area contributed by atoms with Gasteiger partial charge >= 0.3 is 0 Å². The predicted octanol–water partition coefficient (Wildman–Crippen LogP) is 1.38. The van der Waals surface area contributed by atoms with Gasteiger partial charge in [-0.05, 0) is 44.5 Å². The van der Waals surface area contributed by atoms with Gasteiger partial charge in [0.1, 0.15) is 10.6 Å².